The summed E-state index contributed by atoms with van der Waals surface area (Å²) in [5, 5.41) is 0. The van der Waals surface area contributed by atoms with Crippen LogP contribution in [0.15, 0.2) is 0 Å². The van der Waals surface area contributed by atoms with Crippen molar-refractivity contribution in [3.05, 3.63) is 0 Å². The van der Waals surface area contributed by atoms with Gasteiger partial charge in [-0.3, -0.25) is 4.79 Å². The van der Waals surface area contributed by atoms with E-state index in [1.165, 1.54) is 0 Å². The van der Waals surface area contributed by atoms with Crippen molar-refractivity contribution in [1.82, 2.24) is 0 Å². The van der Waals surface area contributed by atoms with Gasteiger partial charge in [0.05, 0.1) is 0 Å². The average Bonchev–Trinajstić information content (AvgIpc) is 1.87. The SMILES string of the molecule is CC(=O)C1C(C)C(C)C1C. The topological polar surface area (TPSA) is 17.1 Å². The van der Waals surface area contributed by atoms with E-state index in [-0.39, 0.29) is 0 Å². The number of hydrogen-bond acceptors (Lipinski definition) is 1. The summed E-state index contributed by atoms with van der Waals surface area (Å²) < 4.78 is 0. The Kier molecular flexibility index (Phi) is 1.84. The fraction of sp³-hybridized carbons (Fsp3) is 0.889. The highest BCUT2D eigenvalue weighted by atomic mass is 16.1. The summed E-state index contributed by atoms with van der Waals surface area (Å²) in [6.45, 7) is 8.30. The zero-order valence-corrected chi connectivity index (χ0v) is 7.22. The molecule has 1 aliphatic carbocycles. The Hall–Kier alpha value is -0.330. The molecule has 0 radical (unpaired) electrons. The van der Waals surface area contributed by atoms with Gasteiger partial charge in [0.2, 0.25) is 0 Å². The van der Waals surface area contributed by atoms with E-state index in [0.29, 0.717) is 23.5 Å². The summed E-state index contributed by atoms with van der Waals surface area (Å²) >= 11 is 0. The Morgan fingerprint density at radius 1 is 1.00 bits per heavy atom. The van der Waals surface area contributed by atoms with E-state index in [1.54, 1.807) is 6.92 Å². The Morgan fingerprint density at radius 3 is 1.60 bits per heavy atom. The third-order valence-electron chi connectivity index (χ3n) is 3.26. The summed E-state index contributed by atoms with van der Waals surface area (Å²) in [6.07, 6.45) is 0. The summed E-state index contributed by atoms with van der Waals surface area (Å²) in [5.74, 6) is 2.71. The number of rotatable bonds is 1. The number of carbonyl (C=O) groups excluding carboxylic acids is 1. The second kappa shape index (κ2) is 2.37. The van der Waals surface area contributed by atoms with Crippen molar-refractivity contribution in [2.24, 2.45) is 23.7 Å². The molecule has 2 unspecified atom stereocenters. The zero-order chi connectivity index (χ0) is 7.89. The van der Waals surface area contributed by atoms with Gasteiger partial charge in [-0.25, -0.2) is 0 Å². The maximum atomic E-state index is 11.0. The molecule has 10 heavy (non-hydrogen) atoms. The molecule has 1 aliphatic rings. The molecule has 0 N–H and O–H groups in total. The van der Waals surface area contributed by atoms with Crippen LogP contribution >= 0.6 is 0 Å². The van der Waals surface area contributed by atoms with Crippen molar-refractivity contribution in [3.8, 4) is 0 Å². The van der Waals surface area contributed by atoms with Crippen LogP contribution in [0.25, 0.3) is 0 Å². The van der Waals surface area contributed by atoms with E-state index in [2.05, 4.69) is 20.8 Å². The summed E-state index contributed by atoms with van der Waals surface area (Å²) in [7, 11) is 0. The Balaban J connectivity index is 2.57. The first kappa shape index (κ1) is 7.77. The van der Waals surface area contributed by atoms with Crippen LogP contribution in [0.1, 0.15) is 27.7 Å². The molecule has 0 bridgehead atoms. The zero-order valence-electron chi connectivity index (χ0n) is 7.22. The molecule has 1 rings (SSSR count). The molecule has 0 spiro atoms. The molecule has 1 heteroatoms. The molecule has 2 atom stereocenters. The third-order valence-corrected chi connectivity index (χ3v) is 3.26. The van der Waals surface area contributed by atoms with Gasteiger partial charge in [0, 0.05) is 5.92 Å². The van der Waals surface area contributed by atoms with Crippen molar-refractivity contribution in [1.29, 1.82) is 0 Å². The second-order valence-corrected chi connectivity index (χ2v) is 3.71. The van der Waals surface area contributed by atoms with Gasteiger partial charge in [0.1, 0.15) is 5.78 Å². The van der Waals surface area contributed by atoms with Crippen LogP contribution in [-0.2, 0) is 4.79 Å². The molecule has 0 aromatic rings. The highest BCUT2D eigenvalue weighted by Crippen LogP contribution is 2.45. The minimum atomic E-state index is 0.356. The predicted molar refractivity (Wildman–Crippen MR) is 41.7 cm³/mol. The van der Waals surface area contributed by atoms with E-state index in [4.69, 9.17) is 0 Å². The first-order valence-corrected chi connectivity index (χ1v) is 4.06. The number of carbonyl (C=O) groups is 1. The van der Waals surface area contributed by atoms with Crippen molar-refractivity contribution in [3.63, 3.8) is 0 Å². The molecule has 1 nitrogen and oxygen atoms in total. The largest absolute Gasteiger partial charge is 0.300 e. The maximum Gasteiger partial charge on any atom is 0.133 e. The van der Waals surface area contributed by atoms with Crippen molar-refractivity contribution < 1.29 is 4.79 Å². The Labute approximate surface area is 62.8 Å². The molecule has 0 aromatic carbocycles. The Bertz CT molecular complexity index is 141. The molecule has 0 amide bonds. The lowest BCUT2D eigenvalue weighted by Crippen LogP contribution is -2.45. The van der Waals surface area contributed by atoms with E-state index in [0.717, 1.165) is 5.92 Å². The number of Topliss-reactive ketones (excluding diaryl/α,β-unsaturated/α-hetero) is 1. The second-order valence-electron chi connectivity index (χ2n) is 3.71. The lowest BCUT2D eigenvalue weighted by Gasteiger charge is -2.46. The fourth-order valence-corrected chi connectivity index (χ4v) is 2.21. The van der Waals surface area contributed by atoms with Crippen LogP contribution in [0.5, 0.6) is 0 Å². The first-order valence-electron chi connectivity index (χ1n) is 4.06. The molecule has 0 saturated heterocycles. The van der Waals surface area contributed by atoms with E-state index < -0.39 is 0 Å². The van der Waals surface area contributed by atoms with Crippen LogP contribution in [0.3, 0.4) is 0 Å². The lowest BCUT2D eigenvalue weighted by molar-refractivity contribution is -0.133. The van der Waals surface area contributed by atoms with Gasteiger partial charge in [-0.15, -0.1) is 0 Å². The van der Waals surface area contributed by atoms with Gasteiger partial charge in [-0.1, -0.05) is 20.8 Å². The van der Waals surface area contributed by atoms with Crippen molar-refractivity contribution >= 4 is 5.78 Å². The van der Waals surface area contributed by atoms with E-state index in [9.17, 15) is 4.79 Å². The monoisotopic (exact) mass is 140 g/mol. The molecular weight excluding hydrogens is 124 g/mol. The molecule has 58 valence electrons. The van der Waals surface area contributed by atoms with Crippen LogP contribution < -0.4 is 0 Å². The van der Waals surface area contributed by atoms with E-state index >= 15 is 0 Å². The van der Waals surface area contributed by atoms with Crippen LogP contribution in [-0.4, -0.2) is 5.78 Å². The van der Waals surface area contributed by atoms with Gasteiger partial charge in [0.25, 0.3) is 0 Å². The third kappa shape index (κ3) is 0.882. The number of ketones is 1. The van der Waals surface area contributed by atoms with Crippen LogP contribution in [0.4, 0.5) is 0 Å². The van der Waals surface area contributed by atoms with Gasteiger partial charge < -0.3 is 0 Å². The number of hydrogen-bond donors (Lipinski definition) is 0. The minimum Gasteiger partial charge on any atom is -0.300 e. The molecule has 0 aromatic heterocycles. The molecule has 1 fully saturated rings. The molecule has 1 saturated carbocycles. The predicted octanol–water partition coefficient (Wildman–Crippen LogP) is 2.11. The van der Waals surface area contributed by atoms with Gasteiger partial charge in [-0.05, 0) is 24.7 Å². The quantitative estimate of drug-likeness (QED) is 0.545. The summed E-state index contributed by atoms with van der Waals surface area (Å²) in [4.78, 5) is 11.0. The summed E-state index contributed by atoms with van der Waals surface area (Å²) in [5.41, 5.74) is 0. The minimum absolute atomic E-state index is 0.356. The molecular formula is C9H16O. The highest BCUT2D eigenvalue weighted by Gasteiger charge is 2.44. The highest BCUT2D eigenvalue weighted by molar-refractivity contribution is 5.79. The molecule has 0 heterocycles. The van der Waals surface area contributed by atoms with Crippen molar-refractivity contribution in [2.75, 3.05) is 0 Å². The smallest absolute Gasteiger partial charge is 0.133 e. The lowest BCUT2D eigenvalue weighted by atomic mass is 9.58. The average molecular weight is 140 g/mol. The van der Waals surface area contributed by atoms with Gasteiger partial charge in [-0.2, -0.15) is 0 Å². The van der Waals surface area contributed by atoms with Gasteiger partial charge in [0.15, 0.2) is 0 Å². The van der Waals surface area contributed by atoms with Crippen LogP contribution in [0.2, 0.25) is 0 Å². The summed E-state index contributed by atoms with van der Waals surface area (Å²) in [6, 6.07) is 0. The van der Waals surface area contributed by atoms with Crippen LogP contribution in [0, 0.1) is 23.7 Å². The van der Waals surface area contributed by atoms with Gasteiger partial charge >= 0.3 is 0 Å². The Morgan fingerprint density at radius 2 is 1.40 bits per heavy atom. The maximum absolute atomic E-state index is 11.0. The van der Waals surface area contributed by atoms with Crippen molar-refractivity contribution in [2.45, 2.75) is 27.7 Å². The first-order chi connectivity index (χ1) is 4.55. The normalized spacial score (nSPS) is 46.4. The van der Waals surface area contributed by atoms with E-state index in [1.807, 2.05) is 0 Å². The molecule has 0 aliphatic heterocycles. The standard InChI is InChI=1S/C9H16O/c1-5-6(2)9(7(5)3)8(4)10/h5-7,9H,1-4H3. The fourth-order valence-electron chi connectivity index (χ4n) is 2.21.